The van der Waals surface area contributed by atoms with Crippen LogP contribution in [0.5, 0.6) is 0 Å². The van der Waals surface area contributed by atoms with Crippen LogP contribution < -0.4 is 4.90 Å². The summed E-state index contributed by atoms with van der Waals surface area (Å²) in [5.41, 5.74) is 1.87. The normalized spacial score (nSPS) is 16.9. The van der Waals surface area contributed by atoms with Crippen molar-refractivity contribution in [2.45, 2.75) is 6.92 Å². The van der Waals surface area contributed by atoms with Crippen LogP contribution in [0.3, 0.4) is 0 Å². The summed E-state index contributed by atoms with van der Waals surface area (Å²) in [6.45, 7) is 3.30. The molecule has 15 heavy (non-hydrogen) atoms. The molecule has 3 nitrogen and oxygen atoms in total. The summed E-state index contributed by atoms with van der Waals surface area (Å²) in [5.74, 6) is 0.00275. The van der Waals surface area contributed by atoms with E-state index in [9.17, 15) is 4.79 Å². The second kappa shape index (κ2) is 4.21. The number of amides is 1. The van der Waals surface area contributed by atoms with Crippen LogP contribution in [0.2, 0.25) is 5.02 Å². The molecule has 1 aromatic carbocycles. The molecule has 0 aromatic heterocycles. The number of hydrogen-bond donors (Lipinski definition) is 0. The molecule has 0 bridgehead atoms. The highest BCUT2D eigenvalue weighted by Crippen LogP contribution is 2.23. The van der Waals surface area contributed by atoms with Gasteiger partial charge in [-0.3, -0.25) is 4.79 Å². The lowest BCUT2D eigenvalue weighted by molar-refractivity contribution is -0.125. The molecule has 0 saturated carbocycles. The number of benzene rings is 1. The predicted molar refractivity (Wildman–Crippen MR) is 59.4 cm³/mol. The maximum Gasteiger partial charge on any atom is 0.253 e. The number of hydrogen-bond acceptors (Lipinski definition) is 2. The molecule has 0 aliphatic carbocycles. The molecule has 0 atom stereocenters. The maximum absolute atomic E-state index is 11.6. The first-order valence-corrected chi connectivity index (χ1v) is 5.20. The smallest absolute Gasteiger partial charge is 0.253 e. The summed E-state index contributed by atoms with van der Waals surface area (Å²) >= 11 is 5.93. The lowest BCUT2D eigenvalue weighted by atomic mass is 10.2. The molecule has 1 aliphatic rings. The summed E-state index contributed by atoms with van der Waals surface area (Å²) in [4.78, 5) is 13.3. The molecule has 2 rings (SSSR count). The highest BCUT2D eigenvalue weighted by molar-refractivity contribution is 6.31. The number of carbonyl (C=O) groups excluding carboxylic acids is 1. The molecule has 1 amide bonds. The minimum Gasteiger partial charge on any atom is -0.370 e. The summed E-state index contributed by atoms with van der Waals surface area (Å²) in [7, 11) is 0. The monoisotopic (exact) mass is 225 g/mol. The molecule has 0 spiro atoms. The third kappa shape index (κ3) is 2.13. The summed E-state index contributed by atoms with van der Waals surface area (Å²) in [6, 6.07) is 5.60. The first kappa shape index (κ1) is 10.5. The number of carbonyl (C=O) groups is 1. The average molecular weight is 226 g/mol. The second-order valence-corrected chi connectivity index (χ2v) is 3.94. The highest BCUT2D eigenvalue weighted by atomic mass is 35.5. The SMILES string of the molecule is Cc1cc(N2CCOCC2=O)ccc1Cl. The largest absolute Gasteiger partial charge is 0.370 e. The van der Waals surface area contributed by atoms with Crippen molar-refractivity contribution in [1.29, 1.82) is 0 Å². The Balaban J connectivity index is 2.28. The Morgan fingerprint density at radius 2 is 2.27 bits per heavy atom. The molecule has 1 aliphatic heterocycles. The van der Waals surface area contributed by atoms with E-state index in [0.29, 0.717) is 13.2 Å². The minimum atomic E-state index is 0.00275. The Morgan fingerprint density at radius 3 is 2.93 bits per heavy atom. The maximum atomic E-state index is 11.6. The van der Waals surface area contributed by atoms with Gasteiger partial charge in [-0.1, -0.05) is 11.6 Å². The molecule has 0 N–H and O–H groups in total. The van der Waals surface area contributed by atoms with Crippen LogP contribution in [0.4, 0.5) is 5.69 Å². The van der Waals surface area contributed by atoms with Crippen molar-refractivity contribution in [2.75, 3.05) is 24.7 Å². The standard InChI is InChI=1S/C11H12ClNO2/c1-8-6-9(2-3-10(8)12)13-4-5-15-7-11(13)14/h2-3,6H,4-5,7H2,1H3. The van der Waals surface area contributed by atoms with Gasteiger partial charge in [-0.2, -0.15) is 0 Å². The number of ether oxygens (including phenoxy) is 1. The fourth-order valence-electron chi connectivity index (χ4n) is 1.59. The molecule has 1 heterocycles. The van der Waals surface area contributed by atoms with Crippen LogP contribution in [-0.2, 0) is 9.53 Å². The number of morpholine rings is 1. The number of rotatable bonds is 1. The van der Waals surface area contributed by atoms with Gasteiger partial charge in [-0.05, 0) is 30.7 Å². The van der Waals surface area contributed by atoms with E-state index in [4.69, 9.17) is 16.3 Å². The van der Waals surface area contributed by atoms with Gasteiger partial charge in [0.2, 0.25) is 0 Å². The molecule has 1 aromatic rings. The molecule has 1 fully saturated rings. The van der Waals surface area contributed by atoms with Gasteiger partial charge in [0, 0.05) is 17.3 Å². The van der Waals surface area contributed by atoms with Crippen LogP contribution >= 0.6 is 11.6 Å². The third-order valence-electron chi connectivity index (χ3n) is 2.44. The highest BCUT2D eigenvalue weighted by Gasteiger charge is 2.20. The zero-order chi connectivity index (χ0) is 10.8. The van der Waals surface area contributed by atoms with Crippen molar-refractivity contribution in [1.82, 2.24) is 0 Å². The molecular formula is C11H12ClNO2. The zero-order valence-corrected chi connectivity index (χ0v) is 9.25. The van der Waals surface area contributed by atoms with Crippen molar-refractivity contribution in [3.05, 3.63) is 28.8 Å². The first-order chi connectivity index (χ1) is 7.18. The Morgan fingerprint density at radius 1 is 1.47 bits per heavy atom. The van der Waals surface area contributed by atoms with Gasteiger partial charge in [0.15, 0.2) is 0 Å². The van der Waals surface area contributed by atoms with Gasteiger partial charge in [-0.25, -0.2) is 0 Å². The van der Waals surface area contributed by atoms with Crippen molar-refractivity contribution in [3.63, 3.8) is 0 Å². The van der Waals surface area contributed by atoms with Gasteiger partial charge in [-0.15, -0.1) is 0 Å². The fraction of sp³-hybridized carbons (Fsp3) is 0.364. The summed E-state index contributed by atoms with van der Waals surface area (Å²) < 4.78 is 5.07. The van der Waals surface area contributed by atoms with Crippen molar-refractivity contribution >= 4 is 23.2 Å². The third-order valence-corrected chi connectivity index (χ3v) is 2.86. The molecule has 4 heteroatoms. The Kier molecular flexibility index (Phi) is 2.93. The number of nitrogens with zero attached hydrogens (tertiary/aromatic N) is 1. The Bertz CT molecular complexity index is 392. The Labute approximate surface area is 93.6 Å². The molecular weight excluding hydrogens is 214 g/mol. The first-order valence-electron chi connectivity index (χ1n) is 4.83. The van der Waals surface area contributed by atoms with Gasteiger partial charge in [0.25, 0.3) is 5.91 Å². The lowest BCUT2D eigenvalue weighted by Gasteiger charge is -2.27. The van der Waals surface area contributed by atoms with E-state index in [1.807, 2.05) is 25.1 Å². The Hall–Kier alpha value is -1.06. The van der Waals surface area contributed by atoms with Crippen molar-refractivity contribution in [2.24, 2.45) is 0 Å². The van der Waals surface area contributed by atoms with Crippen LogP contribution in [-0.4, -0.2) is 25.7 Å². The molecule has 0 unspecified atom stereocenters. The molecule has 80 valence electrons. The lowest BCUT2D eigenvalue weighted by Crippen LogP contribution is -2.41. The average Bonchev–Trinajstić information content (AvgIpc) is 2.23. The van der Waals surface area contributed by atoms with Crippen LogP contribution in [0.25, 0.3) is 0 Å². The molecule has 0 radical (unpaired) electrons. The van der Waals surface area contributed by atoms with Crippen LogP contribution in [0, 0.1) is 6.92 Å². The number of halogens is 1. The zero-order valence-electron chi connectivity index (χ0n) is 8.50. The summed E-state index contributed by atoms with van der Waals surface area (Å²) in [5, 5.41) is 0.722. The van der Waals surface area contributed by atoms with Gasteiger partial charge in [0.05, 0.1) is 6.61 Å². The second-order valence-electron chi connectivity index (χ2n) is 3.53. The van der Waals surface area contributed by atoms with E-state index in [-0.39, 0.29) is 12.5 Å². The summed E-state index contributed by atoms with van der Waals surface area (Å²) in [6.07, 6.45) is 0. The van der Waals surface area contributed by atoms with E-state index in [1.165, 1.54) is 0 Å². The van der Waals surface area contributed by atoms with Gasteiger partial charge in [0.1, 0.15) is 6.61 Å². The van der Waals surface area contributed by atoms with Crippen molar-refractivity contribution < 1.29 is 9.53 Å². The van der Waals surface area contributed by atoms with E-state index < -0.39 is 0 Å². The van der Waals surface area contributed by atoms with Crippen LogP contribution in [0.1, 0.15) is 5.56 Å². The van der Waals surface area contributed by atoms with E-state index in [2.05, 4.69) is 0 Å². The van der Waals surface area contributed by atoms with E-state index in [1.54, 1.807) is 4.90 Å². The van der Waals surface area contributed by atoms with E-state index >= 15 is 0 Å². The quantitative estimate of drug-likeness (QED) is 0.732. The minimum absolute atomic E-state index is 0.00275. The van der Waals surface area contributed by atoms with Crippen molar-refractivity contribution in [3.8, 4) is 0 Å². The van der Waals surface area contributed by atoms with Gasteiger partial charge >= 0.3 is 0 Å². The van der Waals surface area contributed by atoms with E-state index in [0.717, 1.165) is 16.3 Å². The van der Waals surface area contributed by atoms with Gasteiger partial charge < -0.3 is 9.64 Å². The topological polar surface area (TPSA) is 29.5 Å². The molecule has 1 saturated heterocycles. The fourth-order valence-corrected chi connectivity index (χ4v) is 1.71. The number of anilines is 1. The predicted octanol–water partition coefficient (Wildman–Crippen LogP) is 2.01. The van der Waals surface area contributed by atoms with Crippen LogP contribution in [0.15, 0.2) is 18.2 Å². The number of aryl methyl sites for hydroxylation is 1.